The van der Waals surface area contributed by atoms with Gasteiger partial charge in [-0.25, -0.2) is 0 Å². The van der Waals surface area contributed by atoms with Crippen LogP contribution in [0.15, 0.2) is 18.2 Å². The Morgan fingerprint density at radius 3 is 2.54 bits per heavy atom. The van der Waals surface area contributed by atoms with Crippen LogP contribution >= 0.6 is 11.6 Å². The van der Waals surface area contributed by atoms with E-state index in [-0.39, 0.29) is 23.0 Å². The van der Waals surface area contributed by atoms with Gasteiger partial charge in [0.15, 0.2) is 0 Å². The molecule has 4 saturated carbocycles. The van der Waals surface area contributed by atoms with Gasteiger partial charge in [0.25, 0.3) is 0 Å². The van der Waals surface area contributed by atoms with Crippen molar-refractivity contribution in [3.8, 4) is 0 Å². The van der Waals surface area contributed by atoms with Crippen molar-refractivity contribution >= 4 is 34.8 Å². The average Bonchev–Trinajstić information content (AvgIpc) is 2.59. The summed E-state index contributed by atoms with van der Waals surface area (Å²) in [5.41, 5.74) is -1.12. The molecule has 2 amide bonds. The summed E-state index contributed by atoms with van der Waals surface area (Å²) in [6.45, 7) is -0.254. The molecular weight excluding hydrogens is 389 g/mol. The number of hydrogen-bond acceptors (Lipinski definition) is 4. The molecule has 4 atom stereocenters. The molecule has 0 spiro atoms. The summed E-state index contributed by atoms with van der Waals surface area (Å²) in [4.78, 5) is 34.7. The van der Waals surface area contributed by atoms with E-state index in [9.17, 15) is 24.1 Å². The fourth-order valence-electron chi connectivity index (χ4n) is 5.70. The van der Waals surface area contributed by atoms with E-state index in [4.69, 9.17) is 11.6 Å². The molecule has 150 valence electrons. The van der Waals surface area contributed by atoms with Crippen LogP contribution in [0, 0.1) is 33.2 Å². The van der Waals surface area contributed by atoms with Crippen molar-refractivity contribution in [1.82, 2.24) is 5.32 Å². The highest BCUT2D eigenvalue weighted by atomic mass is 35.5. The molecule has 4 fully saturated rings. The molecule has 4 aliphatic rings. The number of nitrogens with zero attached hydrogens (tertiary/aromatic N) is 1. The first-order chi connectivity index (χ1) is 13.2. The molecule has 4 aliphatic carbocycles. The Hall–Kier alpha value is -2.22. The lowest BCUT2D eigenvalue weighted by molar-refractivity contribution is -0.387. The standard InChI is InChI=1S/C19H21ClFN3O4/c20-19-7-11-3-12(8-19)6-18(5-11,10-19)17(26)22-9-16(25)23-13-1-2-14(21)15(4-13)24(27)28/h1-2,4,11-12H,3,5-10H2,(H,22,26)(H,23,25)/t11-,12+,18?,19?. The number of anilines is 1. The minimum atomic E-state index is -0.979. The Kier molecular flexibility index (Phi) is 4.56. The molecule has 9 heteroatoms. The van der Waals surface area contributed by atoms with Crippen LogP contribution in [-0.2, 0) is 9.59 Å². The molecule has 2 N–H and O–H groups in total. The molecule has 2 unspecified atom stereocenters. The highest BCUT2D eigenvalue weighted by Crippen LogP contribution is 2.63. The van der Waals surface area contributed by atoms with Crippen molar-refractivity contribution in [3.63, 3.8) is 0 Å². The molecule has 1 aromatic rings. The second kappa shape index (κ2) is 6.69. The number of amides is 2. The summed E-state index contributed by atoms with van der Waals surface area (Å²) in [7, 11) is 0. The maximum absolute atomic E-state index is 13.4. The first-order valence-electron chi connectivity index (χ1n) is 9.39. The van der Waals surface area contributed by atoms with E-state index in [2.05, 4.69) is 10.6 Å². The number of rotatable bonds is 5. The van der Waals surface area contributed by atoms with Gasteiger partial charge in [0.05, 0.1) is 16.9 Å². The highest BCUT2D eigenvalue weighted by molar-refractivity contribution is 6.24. The van der Waals surface area contributed by atoms with Crippen LogP contribution in [0.4, 0.5) is 15.8 Å². The van der Waals surface area contributed by atoms with Gasteiger partial charge < -0.3 is 10.6 Å². The van der Waals surface area contributed by atoms with Crippen LogP contribution in [0.25, 0.3) is 0 Å². The van der Waals surface area contributed by atoms with Crippen molar-refractivity contribution in [3.05, 3.63) is 34.1 Å². The Morgan fingerprint density at radius 1 is 1.25 bits per heavy atom. The first kappa shape index (κ1) is 19.1. The number of nitro groups is 1. The van der Waals surface area contributed by atoms with Gasteiger partial charge >= 0.3 is 5.69 Å². The second-order valence-electron chi connectivity index (χ2n) is 8.55. The number of alkyl halides is 1. The van der Waals surface area contributed by atoms with Crippen molar-refractivity contribution in [1.29, 1.82) is 0 Å². The van der Waals surface area contributed by atoms with Crippen LogP contribution in [0.3, 0.4) is 0 Å². The topological polar surface area (TPSA) is 101 Å². The maximum Gasteiger partial charge on any atom is 0.306 e. The number of nitro benzene ring substituents is 1. The van der Waals surface area contributed by atoms with Crippen molar-refractivity contribution < 1.29 is 18.9 Å². The molecule has 0 radical (unpaired) electrons. The fraction of sp³-hybridized carbons (Fsp3) is 0.579. The zero-order valence-electron chi connectivity index (χ0n) is 15.2. The predicted octanol–water partition coefficient (Wildman–Crippen LogP) is 3.37. The van der Waals surface area contributed by atoms with Gasteiger partial charge in [-0.3, -0.25) is 19.7 Å². The second-order valence-corrected chi connectivity index (χ2v) is 9.35. The fourth-order valence-corrected chi connectivity index (χ4v) is 6.39. The number of carbonyl (C=O) groups is 2. The molecule has 1 aromatic carbocycles. The molecule has 0 heterocycles. The number of carbonyl (C=O) groups excluding carboxylic acids is 2. The molecule has 0 aromatic heterocycles. The van der Waals surface area contributed by atoms with Crippen molar-refractivity contribution in [2.24, 2.45) is 17.3 Å². The van der Waals surface area contributed by atoms with Gasteiger partial charge in [-0.15, -0.1) is 11.6 Å². The van der Waals surface area contributed by atoms with E-state index in [1.54, 1.807) is 0 Å². The maximum atomic E-state index is 13.4. The van der Waals surface area contributed by atoms with Crippen LogP contribution in [0.2, 0.25) is 0 Å². The quantitative estimate of drug-likeness (QED) is 0.442. The van der Waals surface area contributed by atoms with Gasteiger partial charge in [-0.1, -0.05) is 0 Å². The molecule has 5 rings (SSSR count). The molecule has 28 heavy (non-hydrogen) atoms. The van der Waals surface area contributed by atoms with Gasteiger partial charge in [-0.2, -0.15) is 4.39 Å². The van der Waals surface area contributed by atoms with Gasteiger partial charge in [0.1, 0.15) is 0 Å². The van der Waals surface area contributed by atoms with E-state index in [1.807, 2.05) is 0 Å². The summed E-state index contributed by atoms with van der Waals surface area (Å²) < 4.78 is 13.4. The third-order valence-corrected chi connectivity index (χ3v) is 6.75. The van der Waals surface area contributed by atoms with Gasteiger partial charge in [0.2, 0.25) is 17.6 Å². The summed E-state index contributed by atoms with van der Waals surface area (Å²) in [6, 6.07) is 3.10. The Labute approximate surface area is 166 Å². The van der Waals surface area contributed by atoms with Crippen molar-refractivity contribution in [2.75, 3.05) is 11.9 Å². The molecule has 0 aliphatic heterocycles. The lowest BCUT2D eigenvalue weighted by Crippen LogP contribution is -2.58. The monoisotopic (exact) mass is 409 g/mol. The van der Waals surface area contributed by atoms with Crippen molar-refractivity contribution in [2.45, 2.75) is 43.4 Å². The number of nitrogens with one attached hydrogen (secondary N) is 2. The van der Waals surface area contributed by atoms with E-state index in [0.29, 0.717) is 18.3 Å². The Balaban J connectivity index is 1.37. The third kappa shape index (κ3) is 3.45. The normalized spacial score (nSPS) is 32.8. The smallest absolute Gasteiger partial charge is 0.306 e. The third-order valence-electron chi connectivity index (χ3n) is 6.31. The lowest BCUT2D eigenvalue weighted by Gasteiger charge is -2.59. The first-order valence-corrected chi connectivity index (χ1v) is 9.77. The van der Waals surface area contributed by atoms with E-state index in [0.717, 1.165) is 44.2 Å². The minimum absolute atomic E-state index is 0.0989. The average molecular weight is 410 g/mol. The molecule has 0 saturated heterocycles. The van der Waals surface area contributed by atoms with Crippen LogP contribution in [-0.4, -0.2) is 28.2 Å². The number of hydrogen-bond donors (Lipinski definition) is 2. The van der Waals surface area contributed by atoms with E-state index >= 15 is 0 Å². The Bertz CT molecular complexity index is 848. The predicted molar refractivity (Wildman–Crippen MR) is 100 cm³/mol. The van der Waals surface area contributed by atoms with Gasteiger partial charge in [-0.05, 0) is 62.5 Å². The van der Waals surface area contributed by atoms with Crippen LogP contribution in [0.5, 0.6) is 0 Å². The largest absolute Gasteiger partial charge is 0.347 e. The van der Waals surface area contributed by atoms with E-state index < -0.39 is 27.8 Å². The summed E-state index contributed by atoms with van der Waals surface area (Å²) in [5, 5.41) is 15.9. The summed E-state index contributed by atoms with van der Waals surface area (Å²) >= 11 is 6.74. The Morgan fingerprint density at radius 2 is 1.93 bits per heavy atom. The summed E-state index contributed by atoms with van der Waals surface area (Å²) in [5.74, 6) is -0.712. The van der Waals surface area contributed by atoms with Crippen LogP contribution < -0.4 is 10.6 Å². The molecule has 4 bridgehead atoms. The highest BCUT2D eigenvalue weighted by Gasteiger charge is 2.60. The van der Waals surface area contributed by atoms with E-state index in [1.165, 1.54) is 6.07 Å². The van der Waals surface area contributed by atoms with Crippen LogP contribution in [0.1, 0.15) is 38.5 Å². The lowest BCUT2D eigenvalue weighted by atomic mass is 9.49. The zero-order chi connectivity index (χ0) is 20.1. The minimum Gasteiger partial charge on any atom is -0.347 e. The number of halogens is 2. The SMILES string of the molecule is O=C(CNC(=O)C12C[C@@H]3C[C@@H](CC(Cl)(C3)C1)C2)Nc1ccc(F)c([N+](=O)[O-])c1. The number of benzene rings is 1. The van der Waals surface area contributed by atoms with Gasteiger partial charge in [0, 0.05) is 16.6 Å². The molecule has 7 nitrogen and oxygen atoms in total. The zero-order valence-corrected chi connectivity index (χ0v) is 15.9. The molecular formula is C19H21ClFN3O4. The summed E-state index contributed by atoms with van der Waals surface area (Å²) in [6.07, 6.45) is 5.33.